The van der Waals surface area contributed by atoms with Crippen LogP contribution < -0.4 is 16.4 Å². The maximum atomic E-state index is 12.0. The topological polar surface area (TPSA) is 196 Å². The van der Waals surface area contributed by atoms with E-state index in [1.807, 2.05) is 0 Å². The lowest BCUT2D eigenvalue weighted by Crippen LogP contribution is -2.55. The summed E-state index contributed by atoms with van der Waals surface area (Å²) in [6.45, 7) is 0. The third-order valence-corrected chi connectivity index (χ3v) is 3.17. The number of hydrogen-bond donors (Lipinski definition) is 7. The van der Waals surface area contributed by atoms with Crippen LogP contribution in [0.4, 0.5) is 0 Å². The number of amides is 2. The van der Waals surface area contributed by atoms with E-state index in [4.69, 9.17) is 21.1 Å². The number of hydrogen-bond acceptors (Lipinski definition) is 7. The smallest absolute Gasteiger partial charge is 0.327 e. The maximum Gasteiger partial charge on any atom is 0.327 e. The first-order valence-electron chi connectivity index (χ1n) is 6.72. The second-order valence-electron chi connectivity index (χ2n) is 4.78. The minimum Gasteiger partial charge on any atom is -0.481 e. The van der Waals surface area contributed by atoms with Crippen molar-refractivity contribution in [2.45, 2.75) is 37.4 Å². The van der Waals surface area contributed by atoms with E-state index in [1.54, 1.807) is 0 Å². The Hall–Kier alpha value is -2.34. The van der Waals surface area contributed by atoms with Crippen molar-refractivity contribution >= 4 is 42.4 Å². The number of nitrogens with two attached hydrogens (primary N) is 1. The fourth-order valence-corrected chi connectivity index (χ4v) is 1.80. The molecule has 0 fully saturated rings. The van der Waals surface area contributed by atoms with Crippen molar-refractivity contribution in [2.75, 3.05) is 5.75 Å². The highest BCUT2D eigenvalue weighted by Gasteiger charge is 2.28. The minimum absolute atomic E-state index is 0.223. The summed E-state index contributed by atoms with van der Waals surface area (Å²) < 4.78 is 0. The van der Waals surface area contributed by atoms with Crippen LogP contribution in [0.2, 0.25) is 0 Å². The Labute approximate surface area is 142 Å². The SMILES string of the molecule is N[C@@H](CC(=O)O)C(=O)N[C@@H](CCC(=O)O)C(=O)N[C@@H](CS)C(=O)O. The number of carboxylic acids is 3. The molecule has 136 valence electrons. The second-order valence-corrected chi connectivity index (χ2v) is 5.15. The van der Waals surface area contributed by atoms with Crippen molar-refractivity contribution in [3.63, 3.8) is 0 Å². The summed E-state index contributed by atoms with van der Waals surface area (Å²) in [6, 6.07) is -4.16. The average molecular weight is 365 g/mol. The van der Waals surface area contributed by atoms with Gasteiger partial charge in [-0.05, 0) is 6.42 Å². The summed E-state index contributed by atoms with van der Waals surface area (Å²) >= 11 is 3.76. The molecule has 0 aromatic rings. The van der Waals surface area contributed by atoms with E-state index >= 15 is 0 Å². The quantitative estimate of drug-likeness (QED) is 0.196. The van der Waals surface area contributed by atoms with Crippen LogP contribution in [0.5, 0.6) is 0 Å². The number of carbonyl (C=O) groups is 5. The number of carboxylic acid groups (broad SMARTS) is 3. The maximum absolute atomic E-state index is 12.0. The average Bonchev–Trinajstić information content (AvgIpc) is 2.46. The van der Waals surface area contributed by atoms with Gasteiger partial charge in [0.25, 0.3) is 0 Å². The molecule has 0 bridgehead atoms. The summed E-state index contributed by atoms with van der Waals surface area (Å²) in [5.74, 6) is -6.05. The third kappa shape index (κ3) is 8.33. The van der Waals surface area contributed by atoms with Crippen molar-refractivity contribution in [1.29, 1.82) is 0 Å². The number of rotatable bonds is 11. The molecule has 0 spiro atoms. The van der Waals surface area contributed by atoms with E-state index in [1.165, 1.54) is 0 Å². The van der Waals surface area contributed by atoms with Crippen LogP contribution in [0.15, 0.2) is 0 Å². The van der Waals surface area contributed by atoms with Gasteiger partial charge in [0.1, 0.15) is 12.1 Å². The van der Waals surface area contributed by atoms with Gasteiger partial charge in [0.05, 0.1) is 12.5 Å². The fraction of sp³-hybridized carbons (Fsp3) is 0.583. The molecule has 0 aromatic heterocycles. The van der Waals surface area contributed by atoms with Crippen LogP contribution >= 0.6 is 12.6 Å². The normalized spacial score (nSPS) is 14.1. The Bertz CT molecular complexity index is 513. The minimum atomic E-state index is -1.44. The van der Waals surface area contributed by atoms with Gasteiger partial charge in [0.2, 0.25) is 11.8 Å². The number of thiol groups is 1. The highest BCUT2D eigenvalue weighted by atomic mass is 32.1. The van der Waals surface area contributed by atoms with Gasteiger partial charge in [0, 0.05) is 12.2 Å². The molecule has 0 aromatic carbocycles. The molecular weight excluding hydrogens is 346 g/mol. The van der Waals surface area contributed by atoms with Gasteiger partial charge in [-0.2, -0.15) is 12.6 Å². The fourth-order valence-electron chi connectivity index (χ4n) is 1.55. The van der Waals surface area contributed by atoms with Gasteiger partial charge in [-0.25, -0.2) is 4.79 Å². The molecule has 0 radical (unpaired) electrons. The van der Waals surface area contributed by atoms with Crippen LogP contribution in [0.3, 0.4) is 0 Å². The molecule has 0 unspecified atom stereocenters. The van der Waals surface area contributed by atoms with Gasteiger partial charge in [-0.15, -0.1) is 0 Å². The van der Waals surface area contributed by atoms with E-state index in [2.05, 4.69) is 23.3 Å². The van der Waals surface area contributed by atoms with Crippen LogP contribution in [-0.2, 0) is 24.0 Å². The zero-order chi connectivity index (χ0) is 18.9. The van der Waals surface area contributed by atoms with Crippen molar-refractivity contribution in [2.24, 2.45) is 5.73 Å². The van der Waals surface area contributed by atoms with Gasteiger partial charge >= 0.3 is 17.9 Å². The highest BCUT2D eigenvalue weighted by Crippen LogP contribution is 2.02. The molecule has 0 aliphatic heterocycles. The van der Waals surface area contributed by atoms with E-state index in [0.717, 1.165) is 0 Å². The Morgan fingerprint density at radius 2 is 1.46 bits per heavy atom. The lowest BCUT2D eigenvalue weighted by Gasteiger charge is -2.21. The predicted molar refractivity (Wildman–Crippen MR) is 82.4 cm³/mol. The molecule has 12 heteroatoms. The van der Waals surface area contributed by atoms with Gasteiger partial charge in [-0.3, -0.25) is 19.2 Å². The Morgan fingerprint density at radius 1 is 0.917 bits per heavy atom. The summed E-state index contributed by atoms with van der Waals surface area (Å²) in [6.07, 6.45) is -1.50. The van der Waals surface area contributed by atoms with Crippen LogP contribution in [-0.4, -0.2) is 68.9 Å². The lowest BCUT2D eigenvalue weighted by molar-refractivity contribution is -0.142. The molecule has 7 N–H and O–H groups in total. The number of carbonyl (C=O) groups excluding carboxylic acids is 2. The van der Waals surface area contributed by atoms with Gasteiger partial charge < -0.3 is 31.7 Å². The summed E-state index contributed by atoms with van der Waals surface area (Å²) in [7, 11) is 0. The van der Waals surface area contributed by atoms with Gasteiger partial charge in [0.15, 0.2) is 0 Å². The van der Waals surface area contributed by atoms with Crippen molar-refractivity contribution in [3.8, 4) is 0 Å². The van der Waals surface area contributed by atoms with Crippen LogP contribution in [0, 0.1) is 0 Å². The highest BCUT2D eigenvalue weighted by molar-refractivity contribution is 7.80. The number of nitrogens with one attached hydrogen (secondary N) is 2. The Morgan fingerprint density at radius 3 is 1.88 bits per heavy atom. The molecule has 0 saturated heterocycles. The van der Waals surface area contributed by atoms with Crippen LogP contribution in [0.1, 0.15) is 19.3 Å². The summed E-state index contributed by atoms with van der Waals surface area (Å²) in [5.41, 5.74) is 5.35. The van der Waals surface area contributed by atoms with Crippen molar-refractivity contribution < 1.29 is 39.3 Å². The monoisotopic (exact) mass is 365 g/mol. The molecule has 0 saturated carbocycles. The largest absolute Gasteiger partial charge is 0.481 e. The first kappa shape index (κ1) is 21.7. The standard InChI is InChI=1S/C12H19N3O8S/c13-5(3-9(18)19)10(20)14-6(1-2-8(16)17)11(21)15-7(4-24)12(22)23/h5-7,24H,1-4,13H2,(H,14,20)(H,15,21)(H,16,17)(H,18,19)(H,22,23)/t5-,6-,7-/m0/s1. The van der Waals surface area contributed by atoms with Crippen LogP contribution in [0.25, 0.3) is 0 Å². The molecule has 24 heavy (non-hydrogen) atoms. The lowest BCUT2D eigenvalue weighted by atomic mass is 10.1. The van der Waals surface area contributed by atoms with E-state index in [0.29, 0.717) is 0 Å². The molecule has 2 amide bonds. The molecule has 11 nitrogen and oxygen atoms in total. The Balaban J connectivity index is 4.98. The molecule has 0 heterocycles. The molecule has 3 atom stereocenters. The molecule has 0 aliphatic carbocycles. The predicted octanol–water partition coefficient (Wildman–Crippen LogP) is -2.36. The second kappa shape index (κ2) is 10.4. The zero-order valence-electron chi connectivity index (χ0n) is 12.5. The van der Waals surface area contributed by atoms with Gasteiger partial charge in [-0.1, -0.05) is 0 Å². The van der Waals surface area contributed by atoms with E-state index in [-0.39, 0.29) is 12.2 Å². The first-order valence-corrected chi connectivity index (χ1v) is 7.35. The molecular formula is C12H19N3O8S. The first-order chi connectivity index (χ1) is 11.1. The number of aliphatic carboxylic acids is 3. The third-order valence-electron chi connectivity index (χ3n) is 2.81. The van der Waals surface area contributed by atoms with Crippen molar-refractivity contribution in [3.05, 3.63) is 0 Å². The molecule has 0 aliphatic rings. The van der Waals surface area contributed by atoms with Crippen molar-refractivity contribution in [1.82, 2.24) is 10.6 Å². The summed E-state index contributed by atoms with van der Waals surface area (Å²) in [4.78, 5) is 55.8. The molecule has 0 rings (SSSR count). The Kier molecular flexibility index (Phi) is 9.42. The zero-order valence-corrected chi connectivity index (χ0v) is 13.4. The van der Waals surface area contributed by atoms with E-state index in [9.17, 15) is 24.0 Å². The van der Waals surface area contributed by atoms with E-state index < -0.39 is 60.7 Å². The summed E-state index contributed by atoms with van der Waals surface area (Å²) in [5, 5.41) is 30.3.